The highest BCUT2D eigenvalue weighted by atomic mass is 79.9. The van der Waals surface area contributed by atoms with Crippen LogP contribution in [0.5, 0.6) is 5.75 Å². The lowest BCUT2D eigenvalue weighted by Crippen LogP contribution is -1.99. The molecular formula is C23H16BrNO3. The van der Waals surface area contributed by atoms with E-state index in [0.717, 1.165) is 21.2 Å². The Kier molecular flexibility index (Phi) is 6.25. The molecule has 0 saturated carbocycles. The van der Waals surface area contributed by atoms with Crippen LogP contribution in [-0.2, 0) is 6.61 Å². The van der Waals surface area contributed by atoms with Gasteiger partial charge in [0.1, 0.15) is 12.4 Å². The average molecular weight is 434 g/mol. The monoisotopic (exact) mass is 433 g/mol. The van der Waals surface area contributed by atoms with E-state index in [0.29, 0.717) is 17.9 Å². The van der Waals surface area contributed by atoms with E-state index in [1.165, 1.54) is 0 Å². The first-order chi connectivity index (χ1) is 13.5. The minimum atomic E-state index is -0.953. The number of nitriles is 1. The number of hydrogen-bond donors (Lipinski definition) is 1. The normalized spacial score (nSPS) is 10.9. The van der Waals surface area contributed by atoms with Gasteiger partial charge < -0.3 is 9.84 Å². The molecule has 0 radical (unpaired) electrons. The summed E-state index contributed by atoms with van der Waals surface area (Å²) in [6.45, 7) is 0.324. The Labute approximate surface area is 171 Å². The molecule has 0 aliphatic carbocycles. The number of ether oxygens (including phenoxy) is 1. The van der Waals surface area contributed by atoms with Gasteiger partial charge in [-0.25, -0.2) is 4.79 Å². The summed E-state index contributed by atoms with van der Waals surface area (Å²) in [5.74, 6) is -0.282. The fourth-order valence-electron chi connectivity index (χ4n) is 2.58. The van der Waals surface area contributed by atoms with Gasteiger partial charge in [-0.2, -0.15) is 5.26 Å². The maximum Gasteiger partial charge on any atom is 0.335 e. The van der Waals surface area contributed by atoms with Crippen LogP contribution in [-0.4, -0.2) is 11.1 Å². The molecule has 0 unspecified atom stereocenters. The molecule has 0 bridgehead atoms. The molecule has 0 aliphatic heterocycles. The van der Waals surface area contributed by atoms with Gasteiger partial charge in [0, 0.05) is 4.47 Å². The summed E-state index contributed by atoms with van der Waals surface area (Å²) in [6.07, 6.45) is 1.82. The summed E-state index contributed by atoms with van der Waals surface area (Å²) in [4.78, 5) is 10.9. The van der Waals surface area contributed by atoms with Gasteiger partial charge in [-0.1, -0.05) is 52.3 Å². The van der Waals surface area contributed by atoms with Crippen molar-refractivity contribution in [3.63, 3.8) is 0 Å². The Balaban J connectivity index is 1.73. The molecule has 0 fully saturated rings. The average Bonchev–Trinajstić information content (AvgIpc) is 2.72. The number of allylic oxidation sites excluding steroid dienone is 1. The molecule has 0 heterocycles. The summed E-state index contributed by atoms with van der Waals surface area (Å²) in [5, 5.41) is 18.4. The SMILES string of the molecule is N#C/C(=C\c1cccc(OCc2ccc(C(=O)O)cc2)c1)c1ccc(Br)cc1. The van der Waals surface area contributed by atoms with Crippen molar-refractivity contribution in [1.29, 1.82) is 5.26 Å². The molecule has 3 aromatic rings. The van der Waals surface area contributed by atoms with E-state index in [4.69, 9.17) is 9.84 Å². The Bertz CT molecular complexity index is 1050. The lowest BCUT2D eigenvalue weighted by molar-refractivity contribution is 0.0697. The predicted molar refractivity (Wildman–Crippen MR) is 112 cm³/mol. The number of carboxylic acids is 1. The topological polar surface area (TPSA) is 70.3 Å². The van der Waals surface area contributed by atoms with Crippen LogP contribution in [0.2, 0.25) is 0 Å². The first-order valence-electron chi connectivity index (χ1n) is 8.48. The second-order valence-electron chi connectivity index (χ2n) is 6.04. The summed E-state index contributed by atoms with van der Waals surface area (Å²) in [7, 11) is 0. The molecule has 138 valence electrons. The zero-order valence-electron chi connectivity index (χ0n) is 14.8. The number of hydrogen-bond acceptors (Lipinski definition) is 3. The minimum Gasteiger partial charge on any atom is -0.489 e. The van der Waals surface area contributed by atoms with Gasteiger partial charge in [0.25, 0.3) is 0 Å². The lowest BCUT2D eigenvalue weighted by atomic mass is 10.0. The summed E-state index contributed by atoms with van der Waals surface area (Å²) >= 11 is 3.39. The highest BCUT2D eigenvalue weighted by molar-refractivity contribution is 9.10. The fourth-order valence-corrected chi connectivity index (χ4v) is 2.84. The molecule has 0 saturated heterocycles. The maximum absolute atomic E-state index is 10.9. The highest BCUT2D eigenvalue weighted by Crippen LogP contribution is 2.22. The Morgan fingerprint density at radius 1 is 1.04 bits per heavy atom. The number of nitrogens with zero attached hydrogens (tertiary/aromatic N) is 1. The van der Waals surface area contributed by atoms with Crippen LogP contribution >= 0.6 is 15.9 Å². The Hall–Kier alpha value is -3.36. The van der Waals surface area contributed by atoms with Gasteiger partial charge in [-0.05, 0) is 59.2 Å². The van der Waals surface area contributed by atoms with Gasteiger partial charge in [0.05, 0.1) is 17.2 Å². The van der Waals surface area contributed by atoms with Crippen molar-refractivity contribution in [3.05, 3.63) is 99.5 Å². The molecular weight excluding hydrogens is 418 g/mol. The van der Waals surface area contributed by atoms with Crippen LogP contribution in [0.3, 0.4) is 0 Å². The van der Waals surface area contributed by atoms with Crippen LogP contribution in [0.25, 0.3) is 11.6 Å². The van der Waals surface area contributed by atoms with E-state index >= 15 is 0 Å². The number of carbonyl (C=O) groups is 1. The lowest BCUT2D eigenvalue weighted by Gasteiger charge is -2.08. The van der Waals surface area contributed by atoms with Gasteiger partial charge in [0.2, 0.25) is 0 Å². The number of aromatic carboxylic acids is 1. The summed E-state index contributed by atoms with van der Waals surface area (Å²) < 4.78 is 6.76. The molecule has 0 amide bonds. The third-order valence-corrected chi connectivity index (χ3v) is 4.58. The maximum atomic E-state index is 10.9. The molecule has 28 heavy (non-hydrogen) atoms. The standard InChI is InChI=1S/C23H16BrNO3/c24-21-10-8-18(9-11-21)20(14-25)12-17-2-1-3-22(13-17)28-15-16-4-6-19(7-5-16)23(26)27/h1-13H,15H2,(H,26,27)/b20-12+. The molecule has 0 spiro atoms. The van der Waals surface area contributed by atoms with Crippen molar-refractivity contribution in [3.8, 4) is 11.8 Å². The molecule has 0 aliphatic rings. The van der Waals surface area contributed by atoms with E-state index < -0.39 is 5.97 Å². The minimum absolute atomic E-state index is 0.243. The third-order valence-electron chi connectivity index (χ3n) is 4.05. The summed E-state index contributed by atoms with van der Waals surface area (Å²) in [6, 6.07) is 23.9. The second-order valence-corrected chi connectivity index (χ2v) is 6.96. The van der Waals surface area contributed by atoms with Crippen LogP contribution < -0.4 is 4.74 Å². The number of carboxylic acid groups (broad SMARTS) is 1. The first-order valence-corrected chi connectivity index (χ1v) is 9.27. The number of benzene rings is 3. The largest absolute Gasteiger partial charge is 0.489 e. The number of rotatable bonds is 6. The smallest absolute Gasteiger partial charge is 0.335 e. The van der Waals surface area contributed by atoms with Crippen LogP contribution in [0.4, 0.5) is 0 Å². The van der Waals surface area contributed by atoms with Gasteiger partial charge >= 0.3 is 5.97 Å². The third kappa shape index (κ3) is 5.09. The second kappa shape index (κ2) is 9.03. The zero-order chi connectivity index (χ0) is 19.9. The predicted octanol–water partition coefficient (Wildman–Crippen LogP) is 5.79. The van der Waals surface area contributed by atoms with Crippen molar-refractivity contribution in [1.82, 2.24) is 0 Å². The van der Waals surface area contributed by atoms with Crippen molar-refractivity contribution in [2.75, 3.05) is 0 Å². The molecule has 5 heteroatoms. The molecule has 3 rings (SSSR count). The zero-order valence-corrected chi connectivity index (χ0v) is 16.4. The van der Waals surface area contributed by atoms with E-state index in [1.807, 2.05) is 54.6 Å². The molecule has 0 aromatic heterocycles. The van der Waals surface area contributed by atoms with Gasteiger partial charge in [-0.15, -0.1) is 0 Å². The summed E-state index contributed by atoms with van der Waals surface area (Å²) in [5.41, 5.74) is 3.38. The molecule has 1 N–H and O–H groups in total. The van der Waals surface area contributed by atoms with Crippen LogP contribution in [0.1, 0.15) is 27.0 Å². The molecule has 0 atom stereocenters. The van der Waals surface area contributed by atoms with E-state index in [1.54, 1.807) is 24.3 Å². The number of halogens is 1. The first kappa shape index (κ1) is 19.4. The van der Waals surface area contributed by atoms with Crippen molar-refractivity contribution in [2.45, 2.75) is 6.61 Å². The molecule has 4 nitrogen and oxygen atoms in total. The van der Waals surface area contributed by atoms with Gasteiger partial charge in [-0.3, -0.25) is 0 Å². The Morgan fingerprint density at radius 3 is 2.36 bits per heavy atom. The molecule has 3 aromatic carbocycles. The highest BCUT2D eigenvalue weighted by Gasteiger charge is 2.04. The fraction of sp³-hybridized carbons (Fsp3) is 0.0435. The van der Waals surface area contributed by atoms with Crippen molar-refractivity contribution >= 4 is 33.5 Å². The quantitative estimate of drug-likeness (QED) is 0.394. The van der Waals surface area contributed by atoms with E-state index in [9.17, 15) is 10.1 Å². The van der Waals surface area contributed by atoms with Gasteiger partial charge in [0.15, 0.2) is 0 Å². The van der Waals surface area contributed by atoms with Crippen LogP contribution in [0.15, 0.2) is 77.3 Å². The Morgan fingerprint density at radius 2 is 1.71 bits per heavy atom. The van der Waals surface area contributed by atoms with Crippen molar-refractivity contribution < 1.29 is 14.6 Å². The van der Waals surface area contributed by atoms with E-state index in [2.05, 4.69) is 22.0 Å². The van der Waals surface area contributed by atoms with E-state index in [-0.39, 0.29) is 5.56 Å². The van der Waals surface area contributed by atoms with Crippen molar-refractivity contribution in [2.24, 2.45) is 0 Å². The van der Waals surface area contributed by atoms with Crippen LogP contribution in [0, 0.1) is 11.3 Å².